The van der Waals surface area contributed by atoms with Crippen molar-refractivity contribution in [3.63, 3.8) is 0 Å². The number of aryl methyl sites for hydroxylation is 2. The Morgan fingerprint density at radius 2 is 1.80 bits per heavy atom. The second kappa shape index (κ2) is 12.2. The molecule has 1 aliphatic heterocycles. The number of hydrogen-bond donors (Lipinski definition) is 2. The first-order valence-corrected chi connectivity index (χ1v) is 13.0. The van der Waals surface area contributed by atoms with Crippen molar-refractivity contribution < 1.29 is 28.7 Å². The lowest BCUT2D eigenvalue weighted by Gasteiger charge is -2.26. The Morgan fingerprint density at radius 1 is 1.02 bits per heavy atom. The summed E-state index contributed by atoms with van der Waals surface area (Å²) in [5.41, 5.74) is 2.80. The van der Waals surface area contributed by atoms with E-state index >= 15 is 0 Å². The van der Waals surface area contributed by atoms with Crippen LogP contribution in [0.4, 0.5) is 16.2 Å². The van der Waals surface area contributed by atoms with Crippen LogP contribution in [0, 0.1) is 13.8 Å². The third kappa shape index (κ3) is 6.44. The van der Waals surface area contributed by atoms with Gasteiger partial charge >= 0.3 is 6.03 Å². The summed E-state index contributed by atoms with van der Waals surface area (Å²) in [6.07, 6.45) is 1.28. The van der Waals surface area contributed by atoms with Crippen molar-refractivity contribution in [3.8, 4) is 11.5 Å². The van der Waals surface area contributed by atoms with Gasteiger partial charge in [0.25, 0.3) is 17.7 Å². The van der Waals surface area contributed by atoms with E-state index in [9.17, 15) is 19.2 Å². The van der Waals surface area contributed by atoms with Gasteiger partial charge in [-0.1, -0.05) is 41.4 Å². The summed E-state index contributed by atoms with van der Waals surface area (Å²) < 4.78 is 11.4. The van der Waals surface area contributed by atoms with E-state index in [4.69, 9.17) is 32.7 Å². The normalized spacial score (nSPS) is 14.3. The maximum Gasteiger partial charge on any atom is 0.335 e. The molecule has 1 saturated heterocycles. The van der Waals surface area contributed by atoms with Gasteiger partial charge in [-0.25, -0.2) is 9.69 Å². The number of benzene rings is 3. The molecular formula is C29H25Cl2N3O6. The smallest absolute Gasteiger partial charge is 0.335 e. The van der Waals surface area contributed by atoms with Gasteiger partial charge in [-0.15, -0.1) is 0 Å². The van der Waals surface area contributed by atoms with Gasteiger partial charge in [0.05, 0.1) is 17.3 Å². The van der Waals surface area contributed by atoms with Crippen LogP contribution in [0.1, 0.15) is 23.6 Å². The number of halogens is 2. The number of hydrogen-bond acceptors (Lipinski definition) is 6. The highest BCUT2D eigenvalue weighted by Crippen LogP contribution is 2.38. The monoisotopic (exact) mass is 581 g/mol. The zero-order valence-electron chi connectivity index (χ0n) is 21.8. The molecule has 0 saturated carbocycles. The molecule has 1 fully saturated rings. The van der Waals surface area contributed by atoms with Crippen LogP contribution in [0.2, 0.25) is 10.0 Å². The number of anilines is 2. The van der Waals surface area contributed by atoms with E-state index < -0.39 is 23.8 Å². The molecule has 1 heterocycles. The van der Waals surface area contributed by atoms with E-state index in [0.717, 1.165) is 16.0 Å². The van der Waals surface area contributed by atoms with Crippen molar-refractivity contribution in [1.29, 1.82) is 0 Å². The summed E-state index contributed by atoms with van der Waals surface area (Å²) >= 11 is 12.5. The molecule has 0 unspecified atom stereocenters. The van der Waals surface area contributed by atoms with Crippen molar-refractivity contribution >= 4 is 64.4 Å². The van der Waals surface area contributed by atoms with Crippen molar-refractivity contribution in [3.05, 3.63) is 86.9 Å². The van der Waals surface area contributed by atoms with E-state index in [0.29, 0.717) is 16.3 Å². The van der Waals surface area contributed by atoms with Crippen molar-refractivity contribution in [2.24, 2.45) is 0 Å². The summed E-state index contributed by atoms with van der Waals surface area (Å²) in [5, 5.41) is 5.37. The van der Waals surface area contributed by atoms with Crippen LogP contribution in [-0.2, 0) is 14.4 Å². The van der Waals surface area contributed by atoms with Crippen molar-refractivity contribution in [2.75, 3.05) is 23.4 Å². The fraction of sp³-hybridized carbons (Fsp3) is 0.172. The number of amides is 5. The number of nitrogens with one attached hydrogen (secondary N) is 2. The van der Waals surface area contributed by atoms with Gasteiger partial charge in [-0.2, -0.15) is 0 Å². The number of ether oxygens (including phenoxy) is 2. The lowest BCUT2D eigenvalue weighted by atomic mass is 10.1. The molecule has 3 aromatic rings. The number of barbiturate groups is 1. The molecule has 206 valence electrons. The fourth-order valence-electron chi connectivity index (χ4n) is 3.94. The number of urea groups is 1. The highest BCUT2D eigenvalue weighted by Gasteiger charge is 2.37. The number of rotatable bonds is 8. The third-order valence-corrected chi connectivity index (χ3v) is 6.34. The Bertz CT molecular complexity index is 1550. The zero-order valence-corrected chi connectivity index (χ0v) is 23.4. The SMILES string of the molecule is CCOc1cc(/C=C2\C(=O)NC(=O)N(c3cccc(Cl)c3)C2=O)cc(Cl)c1OCC(=O)Nc1cc(C)ccc1C. The highest BCUT2D eigenvalue weighted by atomic mass is 35.5. The Balaban J connectivity index is 1.58. The van der Waals surface area contributed by atoms with Crippen LogP contribution < -0.4 is 25.0 Å². The van der Waals surface area contributed by atoms with Gasteiger partial charge in [0.15, 0.2) is 18.1 Å². The molecule has 40 heavy (non-hydrogen) atoms. The minimum absolute atomic E-state index is 0.0868. The van der Waals surface area contributed by atoms with Crippen LogP contribution in [0.15, 0.2) is 60.2 Å². The molecule has 11 heteroatoms. The van der Waals surface area contributed by atoms with E-state index in [1.54, 1.807) is 19.1 Å². The summed E-state index contributed by atoms with van der Waals surface area (Å²) in [5.74, 6) is -1.78. The van der Waals surface area contributed by atoms with Gasteiger partial charge in [0.1, 0.15) is 5.57 Å². The minimum atomic E-state index is -0.898. The van der Waals surface area contributed by atoms with E-state index in [1.165, 1.54) is 30.3 Å². The maximum absolute atomic E-state index is 13.2. The zero-order chi connectivity index (χ0) is 29.0. The Morgan fingerprint density at radius 3 is 2.52 bits per heavy atom. The molecule has 9 nitrogen and oxygen atoms in total. The number of carbonyl (C=O) groups excluding carboxylic acids is 4. The molecule has 1 aliphatic rings. The van der Waals surface area contributed by atoms with Crippen molar-refractivity contribution in [1.82, 2.24) is 5.32 Å². The standard InChI is InChI=1S/C29H25Cl2N3O6/c1-4-39-24-13-18(11-21-27(36)33-29(38)34(28(21)37)20-7-5-6-19(30)14-20)12-22(31)26(24)40-15-25(35)32-23-10-16(2)8-9-17(23)3/h5-14H,4,15H2,1-3H3,(H,32,35)(H,33,36,38)/b21-11+. The molecule has 0 spiro atoms. The average Bonchev–Trinajstić information content (AvgIpc) is 2.88. The summed E-state index contributed by atoms with van der Waals surface area (Å²) in [7, 11) is 0. The summed E-state index contributed by atoms with van der Waals surface area (Å²) in [6, 6.07) is 13.9. The lowest BCUT2D eigenvalue weighted by Crippen LogP contribution is -2.54. The Kier molecular flexibility index (Phi) is 8.77. The predicted octanol–water partition coefficient (Wildman–Crippen LogP) is 5.69. The van der Waals surface area contributed by atoms with Gasteiger partial charge in [-0.05, 0) is 79.9 Å². The molecule has 4 rings (SSSR count). The van der Waals surface area contributed by atoms with Gasteiger partial charge < -0.3 is 14.8 Å². The van der Waals surface area contributed by atoms with Gasteiger partial charge in [0.2, 0.25) is 0 Å². The number of carbonyl (C=O) groups is 4. The maximum atomic E-state index is 13.2. The Labute approximate surface area is 240 Å². The van der Waals surface area contributed by atoms with Gasteiger partial charge in [0, 0.05) is 10.7 Å². The van der Waals surface area contributed by atoms with Crippen LogP contribution >= 0.6 is 23.2 Å². The molecule has 0 aliphatic carbocycles. The first-order chi connectivity index (χ1) is 19.1. The number of imide groups is 2. The second-order valence-electron chi connectivity index (χ2n) is 8.86. The molecular weight excluding hydrogens is 557 g/mol. The van der Waals surface area contributed by atoms with E-state index in [2.05, 4.69) is 10.6 Å². The largest absolute Gasteiger partial charge is 0.490 e. The highest BCUT2D eigenvalue weighted by molar-refractivity contribution is 6.39. The van der Waals surface area contributed by atoms with Crippen LogP contribution in [0.5, 0.6) is 11.5 Å². The molecule has 0 aromatic heterocycles. The molecule has 3 aromatic carbocycles. The Hall–Kier alpha value is -4.34. The third-order valence-electron chi connectivity index (χ3n) is 5.83. The quantitative estimate of drug-likeness (QED) is 0.261. The first-order valence-electron chi connectivity index (χ1n) is 12.2. The minimum Gasteiger partial charge on any atom is -0.490 e. The lowest BCUT2D eigenvalue weighted by molar-refractivity contribution is -0.122. The molecule has 5 amide bonds. The van der Waals surface area contributed by atoms with Crippen molar-refractivity contribution in [2.45, 2.75) is 20.8 Å². The predicted molar refractivity (Wildman–Crippen MR) is 153 cm³/mol. The topological polar surface area (TPSA) is 114 Å². The van der Waals surface area contributed by atoms with Crippen LogP contribution in [0.3, 0.4) is 0 Å². The fourth-order valence-corrected chi connectivity index (χ4v) is 4.40. The number of nitrogens with zero attached hydrogens (tertiary/aromatic N) is 1. The molecule has 0 bridgehead atoms. The van der Waals surface area contributed by atoms with Crippen LogP contribution in [-0.4, -0.2) is 37.0 Å². The molecule has 0 radical (unpaired) electrons. The molecule has 0 atom stereocenters. The van der Waals surface area contributed by atoms with E-state index in [1.807, 2.05) is 32.0 Å². The summed E-state index contributed by atoms with van der Waals surface area (Å²) in [4.78, 5) is 51.6. The van der Waals surface area contributed by atoms with E-state index in [-0.39, 0.29) is 41.0 Å². The summed E-state index contributed by atoms with van der Waals surface area (Å²) in [6.45, 7) is 5.47. The van der Waals surface area contributed by atoms with Crippen LogP contribution in [0.25, 0.3) is 6.08 Å². The second-order valence-corrected chi connectivity index (χ2v) is 9.70. The average molecular weight is 582 g/mol. The van der Waals surface area contributed by atoms with Gasteiger partial charge in [-0.3, -0.25) is 19.7 Å². The first kappa shape index (κ1) is 28.7. The molecule has 2 N–H and O–H groups in total.